The highest BCUT2D eigenvalue weighted by atomic mass is 16.2. The molecule has 0 bridgehead atoms. The molecule has 1 aliphatic heterocycles. The molecule has 0 aliphatic carbocycles. The van der Waals surface area contributed by atoms with Crippen LogP contribution in [0.5, 0.6) is 0 Å². The van der Waals surface area contributed by atoms with Crippen LogP contribution in [0.3, 0.4) is 0 Å². The molecule has 3 amide bonds. The van der Waals surface area contributed by atoms with Crippen molar-refractivity contribution >= 4 is 29.1 Å². The SMILES string of the molecule is Cc1cccc(C)c1NC(=O)CN(C)C(=O)c1ccc(N2CCCCC2=O)cc1. The predicted octanol–water partition coefficient (Wildman–Crippen LogP) is 3.53. The van der Waals surface area contributed by atoms with Gasteiger partial charge in [0.25, 0.3) is 5.91 Å². The molecule has 0 spiro atoms. The number of piperidine rings is 1. The number of benzene rings is 2. The fourth-order valence-corrected chi connectivity index (χ4v) is 3.56. The van der Waals surface area contributed by atoms with Crippen molar-refractivity contribution < 1.29 is 14.4 Å². The highest BCUT2D eigenvalue weighted by molar-refractivity contribution is 6.00. The number of carbonyl (C=O) groups is 3. The number of para-hydroxylation sites is 1. The van der Waals surface area contributed by atoms with E-state index in [-0.39, 0.29) is 24.3 Å². The first-order valence-corrected chi connectivity index (χ1v) is 9.89. The third kappa shape index (κ3) is 4.83. The molecule has 1 heterocycles. The summed E-state index contributed by atoms with van der Waals surface area (Å²) in [6.07, 6.45) is 2.49. The van der Waals surface area contributed by atoms with Crippen LogP contribution in [-0.4, -0.2) is 42.8 Å². The van der Waals surface area contributed by atoms with Crippen LogP contribution in [0.15, 0.2) is 42.5 Å². The van der Waals surface area contributed by atoms with E-state index in [1.165, 1.54) is 4.90 Å². The highest BCUT2D eigenvalue weighted by Crippen LogP contribution is 2.22. The van der Waals surface area contributed by atoms with E-state index >= 15 is 0 Å². The zero-order chi connectivity index (χ0) is 21.0. The maximum absolute atomic E-state index is 12.7. The average molecular weight is 393 g/mol. The van der Waals surface area contributed by atoms with Crippen LogP contribution >= 0.6 is 0 Å². The largest absolute Gasteiger partial charge is 0.332 e. The Morgan fingerprint density at radius 2 is 1.69 bits per heavy atom. The number of hydrogen-bond acceptors (Lipinski definition) is 3. The molecule has 0 unspecified atom stereocenters. The summed E-state index contributed by atoms with van der Waals surface area (Å²) in [5.74, 6) is -0.359. The van der Waals surface area contributed by atoms with Gasteiger partial charge < -0.3 is 15.1 Å². The van der Waals surface area contributed by atoms with Gasteiger partial charge in [0.05, 0.1) is 6.54 Å². The number of nitrogens with one attached hydrogen (secondary N) is 1. The van der Waals surface area contributed by atoms with Crippen molar-refractivity contribution in [1.29, 1.82) is 0 Å². The Balaban J connectivity index is 1.62. The van der Waals surface area contributed by atoms with Crippen LogP contribution < -0.4 is 10.2 Å². The molecule has 1 aliphatic rings. The van der Waals surface area contributed by atoms with Gasteiger partial charge >= 0.3 is 0 Å². The molecule has 152 valence electrons. The van der Waals surface area contributed by atoms with Gasteiger partial charge in [0.15, 0.2) is 0 Å². The molecule has 0 atom stereocenters. The van der Waals surface area contributed by atoms with Gasteiger partial charge in [-0.1, -0.05) is 18.2 Å². The Morgan fingerprint density at radius 1 is 1.03 bits per heavy atom. The van der Waals surface area contributed by atoms with Crippen molar-refractivity contribution in [3.63, 3.8) is 0 Å². The smallest absolute Gasteiger partial charge is 0.254 e. The fourth-order valence-electron chi connectivity index (χ4n) is 3.56. The summed E-state index contributed by atoms with van der Waals surface area (Å²) < 4.78 is 0. The lowest BCUT2D eigenvalue weighted by Gasteiger charge is -2.27. The normalized spacial score (nSPS) is 13.9. The maximum Gasteiger partial charge on any atom is 0.254 e. The third-order valence-corrected chi connectivity index (χ3v) is 5.22. The minimum absolute atomic E-state index is 0.0427. The molecule has 29 heavy (non-hydrogen) atoms. The van der Waals surface area contributed by atoms with Crippen LogP contribution in [0.2, 0.25) is 0 Å². The molecule has 1 N–H and O–H groups in total. The van der Waals surface area contributed by atoms with Crippen LogP contribution in [0.25, 0.3) is 0 Å². The molecular weight excluding hydrogens is 366 g/mol. The predicted molar refractivity (Wildman–Crippen MR) is 114 cm³/mol. The van der Waals surface area contributed by atoms with Crippen LogP contribution in [0.4, 0.5) is 11.4 Å². The second-order valence-electron chi connectivity index (χ2n) is 7.53. The number of anilines is 2. The quantitative estimate of drug-likeness (QED) is 0.845. The molecule has 2 aromatic rings. The number of hydrogen-bond donors (Lipinski definition) is 1. The van der Waals surface area contributed by atoms with Gasteiger partial charge in [-0.3, -0.25) is 14.4 Å². The summed E-state index contributed by atoms with van der Waals surface area (Å²) in [6.45, 7) is 4.54. The van der Waals surface area contributed by atoms with E-state index in [1.54, 1.807) is 36.2 Å². The number of rotatable bonds is 5. The van der Waals surface area contributed by atoms with E-state index < -0.39 is 0 Å². The Labute approximate surface area is 171 Å². The zero-order valence-electron chi connectivity index (χ0n) is 17.2. The molecule has 0 radical (unpaired) electrons. The standard InChI is InChI=1S/C23H27N3O3/c1-16-7-6-8-17(2)22(16)24-20(27)15-25(3)23(29)18-10-12-19(13-11-18)26-14-5-4-9-21(26)28/h6-8,10-13H,4-5,9,14-15H2,1-3H3,(H,24,27). The highest BCUT2D eigenvalue weighted by Gasteiger charge is 2.21. The average Bonchev–Trinajstić information content (AvgIpc) is 2.71. The van der Waals surface area contributed by atoms with Gasteiger partial charge in [0, 0.05) is 37.0 Å². The monoisotopic (exact) mass is 393 g/mol. The Kier molecular flexibility index (Phi) is 6.32. The van der Waals surface area contributed by atoms with Crippen molar-refractivity contribution in [2.24, 2.45) is 0 Å². The number of likely N-dealkylation sites (N-methyl/N-ethyl adjacent to an activating group) is 1. The lowest BCUT2D eigenvalue weighted by Crippen LogP contribution is -2.36. The van der Waals surface area contributed by atoms with Crippen molar-refractivity contribution in [3.05, 3.63) is 59.2 Å². The maximum atomic E-state index is 12.7. The molecular formula is C23H27N3O3. The van der Waals surface area contributed by atoms with Crippen LogP contribution in [0.1, 0.15) is 40.7 Å². The van der Waals surface area contributed by atoms with Gasteiger partial charge in [0.1, 0.15) is 0 Å². The molecule has 3 rings (SSSR count). The molecule has 0 aromatic heterocycles. The molecule has 2 aromatic carbocycles. The lowest BCUT2D eigenvalue weighted by atomic mass is 10.1. The van der Waals surface area contributed by atoms with Crippen molar-refractivity contribution in [3.8, 4) is 0 Å². The Hall–Kier alpha value is -3.15. The van der Waals surface area contributed by atoms with Crippen molar-refractivity contribution in [2.75, 3.05) is 30.4 Å². The zero-order valence-corrected chi connectivity index (χ0v) is 17.2. The summed E-state index contributed by atoms with van der Waals surface area (Å²) in [4.78, 5) is 40.3. The number of nitrogens with zero attached hydrogens (tertiary/aromatic N) is 2. The first kappa shape index (κ1) is 20.6. The Bertz CT molecular complexity index is 901. The van der Waals surface area contributed by atoms with E-state index in [0.717, 1.165) is 35.3 Å². The number of amides is 3. The summed E-state index contributed by atoms with van der Waals surface area (Å²) in [6, 6.07) is 12.8. The Morgan fingerprint density at radius 3 is 2.31 bits per heavy atom. The van der Waals surface area contributed by atoms with E-state index in [4.69, 9.17) is 0 Å². The molecule has 0 saturated carbocycles. The molecule has 1 saturated heterocycles. The van der Waals surface area contributed by atoms with Crippen molar-refractivity contribution in [2.45, 2.75) is 33.1 Å². The summed E-state index contributed by atoms with van der Waals surface area (Å²) >= 11 is 0. The summed E-state index contributed by atoms with van der Waals surface area (Å²) in [7, 11) is 1.61. The van der Waals surface area contributed by atoms with Crippen LogP contribution in [0, 0.1) is 13.8 Å². The topological polar surface area (TPSA) is 69.7 Å². The molecule has 6 heteroatoms. The van der Waals surface area contributed by atoms with Gasteiger partial charge in [-0.15, -0.1) is 0 Å². The van der Waals surface area contributed by atoms with Gasteiger partial charge in [0.2, 0.25) is 11.8 Å². The second kappa shape index (κ2) is 8.90. The van der Waals surface area contributed by atoms with Gasteiger partial charge in [-0.05, 0) is 62.1 Å². The fraction of sp³-hybridized carbons (Fsp3) is 0.348. The molecule has 1 fully saturated rings. The van der Waals surface area contributed by atoms with Crippen molar-refractivity contribution in [1.82, 2.24) is 4.90 Å². The van der Waals surface area contributed by atoms with Gasteiger partial charge in [-0.25, -0.2) is 0 Å². The van der Waals surface area contributed by atoms with E-state index in [9.17, 15) is 14.4 Å². The number of carbonyl (C=O) groups excluding carboxylic acids is 3. The lowest BCUT2D eigenvalue weighted by molar-refractivity contribution is -0.119. The summed E-state index contributed by atoms with van der Waals surface area (Å²) in [5, 5.41) is 2.90. The molecule has 6 nitrogen and oxygen atoms in total. The third-order valence-electron chi connectivity index (χ3n) is 5.22. The van der Waals surface area contributed by atoms with Crippen LogP contribution in [-0.2, 0) is 9.59 Å². The minimum atomic E-state index is -0.242. The van der Waals surface area contributed by atoms with E-state index in [2.05, 4.69) is 5.32 Å². The van der Waals surface area contributed by atoms with E-state index in [0.29, 0.717) is 18.5 Å². The number of aryl methyl sites for hydroxylation is 2. The van der Waals surface area contributed by atoms with Gasteiger partial charge in [-0.2, -0.15) is 0 Å². The van der Waals surface area contributed by atoms with E-state index in [1.807, 2.05) is 32.0 Å². The first-order chi connectivity index (χ1) is 13.9. The summed E-state index contributed by atoms with van der Waals surface area (Å²) in [5.41, 5.74) is 4.04. The first-order valence-electron chi connectivity index (χ1n) is 9.89. The minimum Gasteiger partial charge on any atom is -0.332 e. The second-order valence-corrected chi connectivity index (χ2v) is 7.53.